The maximum Gasteiger partial charge on any atom is 0.326 e. The minimum absolute atomic E-state index is 0.212. The Morgan fingerprint density at radius 2 is 1.67 bits per heavy atom. The Balaban J connectivity index is 2.21. The van der Waals surface area contributed by atoms with E-state index in [9.17, 15) is 14.7 Å². The van der Waals surface area contributed by atoms with Gasteiger partial charge in [0.05, 0.1) is 19.6 Å². The van der Waals surface area contributed by atoms with E-state index >= 15 is 0 Å². The van der Waals surface area contributed by atoms with Crippen LogP contribution < -0.4 is 14.8 Å². The quantitative estimate of drug-likeness (QED) is 0.745. The minimum Gasteiger partial charge on any atom is -0.493 e. The molecule has 0 spiro atoms. The van der Waals surface area contributed by atoms with E-state index in [1.54, 1.807) is 32.0 Å². The van der Waals surface area contributed by atoms with Gasteiger partial charge in [-0.15, -0.1) is 0 Å². The normalized spacial score (nSPS) is 12.1. The standard InChI is InChI=1S/C21H25NO5/c1-21(2,15-10-11-17(26-3)18(13-15)27-4)20(25)22-16(19(23)24)12-14-8-6-5-7-9-14/h5-11,13,16H,12H2,1-4H3,(H,22,25)(H,23,24). The topological polar surface area (TPSA) is 84.9 Å². The van der Waals surface area contributed by atoms with E-state index in [0.29, 0.717) is 17.1 Å². The van der Waals surface area contributed by atoms with Gasteiger partial charge in [0, 0.05) is 6.42 Å². The molecule has 1 unspecified atom stereocenters. The largest absolute Gasteiger partial charge is 0.493 e. The molecule has 0 bridgehead atoms. The summed E-state index contributed by atoms with van der Waals surface area (Å²) in [6.07, 6.45) is 0.212. The molecule has 1 atom stereocenters. The lowest BCUT2D eigenvalue weighted by atomic mass is 9.83. The smallest absolute Gasteiger partial charge is 0.326 e. The van der Waals surface area contributed by atoms with E-state index in [-0.39, 0.29) is 12.3 Å². The number of hydrogen-bond acceptors (Lipinski definition) is 4. The van der Waals surface area contributed by atoms with Crippen LogP contribution in [-0.4, -0.2) is 37.2 Å². The van der Waals surface area contributed by atoms with Gasteiger partial charge in [0.25, 0.3) is 0 Å². The molecular formula is C21H25NO5. The highest BCUT2D eigenvalue weighted by Gasteiger charge is 2.33. The second-order valence-corrected chi connectivity index (χ2v) is 6.75. The molecule has 0 saturated heterocycles. The summed E-state index contributed by atoms with van der Waals surface area (Å²) in [7, 11) is 3.06. The predicted octanol–water partition coefficient (Wildman–Crippen LogP) is 2.79. The van der Waals surface area contributed by atoms with Crippen molar-refractivity contribution in [2.75, 3.05) is 14.2 Å². The Kier molecular flexibility index (Phi) is 6.45. The van der Waals surface area contributed by atoms with Crippen LogP contribution in [0.25, 0.3) is 0 Å². The number of rotatable bonds is 8. The Bertz CT molecular complexity index is 801. The number of carboxylic acids is 1. The van der Waals surface area contributed by atoms with Crippen molar-refractivity contribution in [1.29, 1.82) is 0 Å². The van der Waals surface area contributed by atoms with Crippen LogP contribution in [0.4, 0.5) is 0 Å². The molecule has 0 aliphatic rings. The zero-order valence-corrected chi connectivity index (χ0v) is 16.0. The van der Waals surface area contributed by atoms with Crippen LogP contribution >= 0.6 is 0 Å². The maximum atomic E-state index is 12.9. The Morgan fingerprint density at radius 3 is 2.22 bits per heavy atom. The molecule has 0 aromatic heterocycles. The third-order valence-corrected chi connectivity index (χ3v) is 4.56. The lowest BCUT2D eigenvalue weighted by molar-refractivity contribution is -0.142. The van der Waals surface area contributed by atoms with E-state index in [2.05, 4.69) is 5.32 Å². The fourth-order valence-corrected chi connectivity index (χ4v) is 2.74. The van der Waals surface area contributed by atoms with E-state index in [1.165, 1.54) is 14.2 Å². The van der Waals surface area contributed by atoms with E-state index in [4.69, 9.17) is 9.47 Å². The van der Waals surface area contributed by atoms with Gasteiger partial charge in [-0.2, -0.15) is 0 Å². The van der Waals surface area contributed by atoms with Gasteiger partial charge in [-0.25, -0.2) is 4.79 Å². The molecule has 1 amide bonds. The summed E-state index contributed by atoms with van der Waals surface area (Å²) in [5.74, 6) is -0.381. The Hall–Kier alpha value is -3.02. The van der Waals surface area contributed by atoms with E-state index in [1.807, 2.05) is 30.3 Å². The molecule has 6 nitrogen and oxygen atoms in total. The number of methoxy groups -OCH3 is 2. The molecule has 2 aromatic carbocycles. The molecule has 0 radical (unpaired) electrons. The molecule has 0 aliphatic heterocycles. The number of carboxylic acid groups (broad SMARTS) is 1. The summed E-state index contributed by atoms with van der Waals surface area (Å²) in [4.78, 5) is 24.5. The Morgan fingerprint density at radius 1 is 1.04 bits per heavy atom. The van der Waals surface area contributed by atoms with Gasteiger partial charge >= 0.3 is 5.97 Å². The average molecular weight is 371 g/mol. The number of hydrogen-bond donors (Lipinski definition) is 2. The van der Waals surface area contributed by atoms with Crippen molar-refractivity contribution < 1.29 is 24.2 Å². The third-order valence-electron chi connectivity index (χ3n) is 4.56. The summed E-state index contributed by atoms with van der Waals surface area (Å²) in [6, 6.07) is 13.4. The number of amides is 1. The van der Waals surface area contributed by atoms with Crippen molar-refractivity contribution in [3.8, 4) is 11.5 Å². The van der Waals surface area contributed by atoms with Crippen LogP contribution in [0.2, 0.25) is 0 Å². The van der Waals surface area contributed by atoms with Crippen LogP contribution in [0.5, 0.6) is 11.5 Å². The highest BCUT2D eigenvalue weighted by Crippen LogP contribution is 2.33. The maximum absolute atomic E-state index is 12.9. The molecule has 0 heterocycles. The first-order valence-corrected chi connectivity index (χ1v) is 8.59. The van der Waals surface area contributed by atoms with E-state index < -0.39 is 17.4 Å². The van der Waals surface area contributed by atoms with Crippen molar-refractivity contribution >= 4 is 11.9 Å². The third kappa shape index (κ3) is 4.78. The first-order valence-electron chi connectivity index (χ1n) is 8.59. The SMILES string of the molecule is COc1ccc(C(C)(C)C(=O)NC(Cc2ccccc2)C(=O)O)cc1OC. The molecule has 0 aliphatic carbocycles. The lowest BCUT2D eigenvalue weighted by Gasteiger charge is -2.27. The monoisotopic (exact) mass is 371 g/mol. The first-order chi connectivity index (χ1) is 12.8. The fourth-order valence-electron chi connectivity index (χ4n) is 2.74. The molecule has 0 fully saturated rings. The lowest BCUT2D eigenvalue weighted by Crippen LogP contribution is -2.49. The van der Waals surface area contributed by atoms with Crippen molar-refractivity contribution in [1.82, 2.24) is 5.32 Å². The molecule has 144 valence electrons. The van der Waals surface area contributed by atoms with Gasteiger partial charge in [0.2, 0.25) is 5.91 Å². The first kappa shape index (κ1) is 20.3. The predicted molar refractivity (Wildman–Crippen MR) is 102 cm³/mol. The number of ether oxygens (including phenoxy) is 2. The molecule has 27 heavy (non-hydrogen) atoms. The number of aliphatic carboxylic acids is 1. The summed E-state index contributed by atoms with van der Waals surface area (Å²) in [5.41, 5.74) is 0.583. The molecular weight excluding hydrogens is 346 g/mol. The van der Waals surface area contributed by atoms with Gasteiger partial charge in [-0.3, -0.25) is 4.79 Å². The average Bonchev–Trinajstić information content (AvgIpc) is 2.67. The number of carbonyl (C=O) groups is 2. The van der Waals surface area contributed by atoms with Crippen molar-refractivity contribution in [3.05, 3.63) is 59.7 Å². The van der Waals surface area contributed by atoms with Gasteiger partial charge in [-0.05, 0) is 37.1 Å². The van der Waals surface area contributed by atoms with Crippen LogP contribution in [-0.2, 0) is 21.4 Å². The summed E-state index contributed by atoms with van der Waals surface area (Å²) < 4.78 is 10.5. The van der Waals surface area contributed by atoms with Crippen molar-refractivity contribution in [3.63, 3.8) is 0 Å². The summed E-state index contributed by atoms with van der Waals surface area (Å²) >= 11 is 0. The summed E-state index contributed by atoms with van der Waals surface area (Å²) in [5, 5.41) is 12.2. The molecule has 0 saturated carbocycles. The van der Waals surface area contributed by atoms with Crippen LogP contribution in [0.3, 0.4) is 0 Å². The van der Waals surface area contributed by atoms with Gasteiger partial charge in [0.15, 0.2) is 11.5 Å². The zero-order valence-electron chi connectivity index (χ0n) is 16.0. The van der Waals surface area contributed by atoms with Crippen molar-refractivity contribution in [2.45, 2.75) is 31.7 Å². The second-order valence-electron chi connectivity index (χ2n) is 6.75. The number of benzene rings is 2. The van der Waals surface area contributed by atoms with Gasteiger partial charge in [-0.1, -0.05) is 36.4 Å². The highest BCUT2D eigenvalue weighted by atomic mass is 16.5. The van der Waals surface area contributed by atoms with Gasteiger partial charge < -0.3 is 19.9 Å². The van der Waals surface area contributed by atoms with Crippen LogP contribution in [0.1, 0.15) is 25.0 Å². The second kappa shape index (κ2) is 8.58. The Labute approximate surface area is 159 Å². The fraction of sp³-hybridized carbons (Fsp3) is 0.333. The highest BCUT2D eigenvalue weighted by molar-refractivity contribution is 5.91. The van der Waals surface area contributed by atoms with Crippen molar-refractivity contribution in [2.24, 2.45) is 0 Å². The molecule has 6 heteroatoms. The minimum atomic E-state index is -1.07. The van der Waals surface area contributed by atoms with E-state index in [0.717, 1.165) is 5.56 Å². The molecule has 2 N–H and O–H groups in total. The van der Waals surface area contributed by atoms with Crippen LogP contribution in [0.15, 0.2) is 48.5 Å². The zero-order chi connectivity index (χ0) is 20.0. The van der Waals surface area contributed by atoms with Gasteiger partial charge in [0.1, 0.15) is 6.04 Å². The number of carbonyl (C=O) groups excluding carboxylic acids is 1. The summed E-state index contributed by atoms with van der Waals surface area (Å²) in [6.45, 7) is 3.48. The molecule has 2 aromatic rings. The molecule has 2 rings (SSSR count). The van der Waals surface area contributed by atoms with Crippen LogP contribution in [0, 0.1) is 0 Å². The number of nitrogens with one attached hydrogen (secondary N) is 1.